The van der Waals surface area contributed by atoms with Gasteiger partial charge in [-0.05, 0) is 43.1 Å². The maximum Gasteiger partial charge on any atom is 0.407 e. The Balaban J connectivity index is 0.942. The number of hydrogen-bond acceptors (Lipinski definition) is 10. The number of benzene rings is 2. The van der Waals surface area contributed by atoms with Gasteiger partial charge in [-0.3, -0.25) is 4.57 Å². The highest BCUT2D eigenvalue weighted by molar-refractivity contribution is 5.81. The average Bonchev–Trinajstić information content (AvgIpc) is 3.72. The molecule has 2 unspecified atom stereocenters. The van der Waals surface area contributed by atoms with Crippen molar-refractivity contribution in [3.8, 4) is 11.1 Å². The molecule has 12 nitrogen and oxygen atoms in total. The van der Waals surface area contributed by atoms with Gasteiger partial charge in [0.1, 0.15) is 36.8 Å². The molecule has 2 saturated heterocycles. The van der Waals surface area contributed by atoms with Crippen molar-refractivity contribution >= 4 is 23.1 Å². The first-order valence-electron chi connectivity index (χ1n) is 14.5. The van der Waals surface area contributed by atoms with E-state index in [1.165, 1.54) is 28.6 Å². The number of aromatic nitrogens is 4. The lowest BCUT2D eigenvalue weighted by Crippen LogP contribution is -2.41. The lowest BCUT2D eigenvalue weighted by atomic mass is 9.98. The van der Waals surface area contributed by atoms with Gasteiger partial charge >= 0.3 is 6.09 Å². The molecule has 0 bridgehead atoms. The molecule has 2 fully saturated rings. The Labute approximate surface area is 249 Å². The summed E-state index contributed by atoms with van der Waals surface area (Å²) in [6.45, 7) is 5.65. The van der Waals surface area contributed by atoms with Crippen LogP contribution < -0.4 is 11.1 Å². The van der Waals surface area contributed by atoms with Gasteiger partial charge in [0.15, 0.2) is 23.5 Å². The average molecular weight is 586 g/mol. The number of nitrogens with zero attached hydrogens (tertiary/aromatic N) is 5. The van der Waals surface area contributed by atoms with Crippen LogP contribution in [0.3, 0.4) is 0 Å². The number of fused-ring (bicyclic) bond motifs is 5. The Bertz CT molecular complexity index is 1610. The van der Waals surface area contributed by atoms with E-state index in [0.29, 0.717) is 36.6 Å². The van der Waals surface area contributed by atoms with Crippen molar-refractivity contribution in [3.05, 3.63) is 72.3 Å². The summed E-state index contributed by atoms with van der Waals surface area (Å²) in [6, 6.07) is 16.6. The van der Waals surface area contributed by atoms with Crippen LogP contribution in [-0.4, -0.2) is 87.9 Å². The fourth-order valence-electron chi connectivity index (χ4n) is 6.48. The maximum absolute atomic E-state index is 12.6. The van der Waals surface area contributed by atoms with Gasteiger partial charge in [0, 0.05) is 25.6 Å². The summed E-state index contributed by atoms with van der Waals surface area (Å²) in [5.74, 6) is -0.429. The predicted molar refractivity (Wildman–Crippen MR) is 158 cm³/mol. The highest BCUT2D eigenvalue weighted by atomic mass is 16.8. The summed E-state index contributed by atoms with van der Waals surface area (Å²) in [4.78, 5) is 27.5. The van der Waals surface area contributed by atoms with Gasteiger partial charge in [0.05, 0.1) is 6.33 Å². The van der Waals surface area contributed by atoms with E-state index in [2.05, 4.69) is 49.4 Å². The van der Waals surface area contributed by atoms with Gasteiger partial charge in [0.2, 0.25) is 0 Å². The molecule has 4 aromatic rings. The molecular weight excluding hydrogens is 550 g/mol. The quantitative estimate of drug-likeness (QED) is 0.317. The van der Waals surface area contributed by atoms with Crippen molar-refractivity contribution in [2.24, 2.45) is 0 Å². The van der Waals surface area contributed by atoms with E-state index >= 15 is 0 Å². The second-order valence-electron chi connectivity index (χ2n) is 11.7. The molecule has 2 aromatic heterocycles. The number of rotatable bonds is 8. The molecule has 2 aliphatic heterocycles. The monoisotopic (exact) mass is 585 g/mol. The van der Waals surface area contributed by atoms with Crippen LogP contribution >= 0.6 is 0 Å². The highest BCUT2D eigenvalue weighted by Crippen LogP contribution is 2.45. The van der Waals surface area contributed by atoms with Crippen LogP contribution in [0, 0.1) is 0 Å². The van der Waals surface area contributed by atoms with Crippen LogP contribution in [0.4, 0.5) is 10.6 Å². The molecule has 3 aliphatic rings. The third-order valence-corrected chi connectivity index (χ3v) is 8.38. The van der Waals surface area contributed by atoms with Crippen LogP contribution in [0.5, 0.6) is 0 Å². The van der Waals surface area contributed by atoms with Crippen molar-refractivity contribution < 1.29 is 23.7 Å². The van der Waals surface area contributed by atoms with Crippen molar-refractivity contribution in [2.45, 2.75) is 50.1 Å². The second-order valence-corrected chi connectivity index (χ2v) is 11.7. The molecule has 1 aliphatic carbocycles. The van der Waals surface area contributed by atoms with Crippen molar-refractivity contribution in [1.29, 1.82) is 0 Å². The third kappa shape index (κ3) is 5.10. The Hall–Kier alpha value is -4.10. The lowest BCUT2D eigenvalue weighted by molar-refractivity contribution is -0.197. The van der Waals surface area contributed by atoms with Crippen LogP contribution in [0.25, 0.3) is 22.3 Å². The van der Waals surface area contributed by atoms with Gasteiger partial charge in [0.25, 0.3) is 0 Å². The molecule has 0 spiro atoms. The van der Waals surface area contributed by atoms with Crippen molar-refractivity contribution in [2.75, 3.05) is 39.0 Å². The smallest absolute Gasteiger partial charge is 0.407 e. The van der Waals surface area contributed by atoms with Gasteiger partial charge in [-0.15, -0.1) is 0 Å². The van der Waals surface area contributed by atoms with E-state index < -0.39 is 18.1 Å². The van der Waals surface area contributed by atoms with E-state index in [4.69, 9.17) is 24.7 Å². The number of ether oxygens (including phenoxy) is 4. The zero-order valence-electron chi connectivity index (χ0n) is 24.3. The fraction of sp³-hybridized carbons (Fsp3) is 0.419. The van der Waals surface area contributed by atoms with E-state index in [1.807, 2.05) is 49.7 Å². The summed E-state index contributed by atoms with van der Waals surface area (Å²) in [5.41, 5.74) is 11.9. The molecule has 43 heavy (non-hydrogen) atoms. The van der Waals surface area contributed by atoms with E-state index in [9.17, 15) is 4.79 Å². The number of alkyl carbamates (subject to hydrolysis) is 1. The third-order valence-electron chi connectivity index (χ3n) is 8.38. The minimum Gasteiger partial charge on any atom is -0.449 e. The number of hydrogen-bond donors (Lipinski definition) is 2. The number of anilines is 1. The van der Waals surface area contributed by atoms with Gasteiger partial charge in [-0.2, -0.15) is 0 Å². The van der Waals surface area contributed by atoms with Crippen LogP contribution in [0.15, 0.2) is 61.2 Å². The minimum absolute atomic E-state index is 0.0228. The van der Waals surface area contributed by atoms with E-state index in [1.54, 1.807) is 6.33 Å². The largest absolute Gasteiger partial charge is 0.449 e. The molecule has 4 heterocycles. The standard InChI is InChI=1S/C31H35N7O5/c1-31(2)42-25-23(41-29(26(25)43-31)38-17-36-24-27(32)34-16-35-28(24)38)14-37(3)13-12-33-30(39)40-15-22-20-10-6-4-8-18(20)19-9-5-7-11-21(19)22/h4-11,16-17,22-23,25-26,29H,12-15H2,1-3H3,(H,33,39)(H2,32,34,35)/t23-,25?,26?,29-/m1/s1. The first-order chi connectivity index (χ1) is 20.8. The molecule has 1 amide bonds. The molecule has 224 valence electrons. The number of nitrogens with two attached hydrogens (primary N) is 1. The second kappa shape index (κ2) is 10.9. The number of amides is 1. The zero-order valence-corrected chi connectivity index (χ0v) is 24.3. The van der Waals surface area contributed by atoms with E-state index in [-0.39, 0.29) is 30.8 Å². The zero-order chi connectivity index (χ0) is 29.7. The van der Waals surface area contributed by atoms with Crippen LogP contribution in [0.1, 0.15) is 37.1 Å². The predicted octanol–water partition coefficient (Wildman–Crippen LogP) is 3.30. The number of likely N-dealkylation sites (N-methyl/N-ethyl adjacent to an activating group) is 1. The molecule has 3 N–H and O–H groups in total. The van der Waals surface area contributed by atoms with Crippen molar-refractivity contribution in [1.82, 2.24) is 29.7 Å². The number of nitrogens with one attached hydrogen (secondary N) is 1. The van der Waals surface area contributed by atoms with Crippen molar-refractivity contribution in [3.63, 3.8) is 0 Å². The lowest BCUT2D eigenvalue weighted by Gasteiger charge is -2.27. The Kier molecular flexibility index (Phi) is 7.01. The Morgan fingerprint density at radius 2 is 1.74 bits per heavy atom. The SMILES string of the molecule is CN(CCNC(=O)OCC1c2ccccc2-c2ccccc21)C[C@H]1O[C@@H](n2cnc3c(N)ncnc32)C2OC(C)(C)OC21. The van der Waals surface area contributed by atoms with Gasteiger partial charge in [-0.25, -0.2) is 19.7 Å². The molecule has 2 aromatic carbocycles. The van der Waals surface area contributed by atoms with Crippen LogP contribution in [0.2, 0.25) is 0 Å². The summed E-state index contributed by atoms with van der Waals surface area (Å²) < 4.78 is 26.5. The maximum atomic E-state index is 12.6. The molecule has 7 rings (SSSR count). The summed E-state index contributed by atoms with van der Waals surface area (Å²) in [6.07, 6.45) is 1.19. The number of carbonyl (C=O) groups excluding carboxylic acids is 1. The molecule has 0 saturated carbocycles. The van der Waals surface area contributed by atoms with Crippen LogP contribution in [-0.2, 0) is 18.9 Å². The minimum atomic E-state index is -0.760. The molecule has 0 radical (unpaired) electrons. The fourth-order valence-corrected chi connectivity index (χ4v) is 6.48. The summed E-state index contributed by atoms with van der Waals surface area (Å²) >= 11 is 0. The highest BCUT2D eigenvalue weighted by Gasteiger charge is 2.56. The van der Waals surface area contributed by atoms with E-state index in [0.717, 1.165) is 0 Å². The number of nitrogen functional groups attached to an aromatic ring is 1. The molecule has 12 heteroatoms. The molecular formula is C31H35N7O5. The summed E-state index contributed by atoms with van der Waals surface area (Å²) in [5, 5.41) is 2.89. The normalized spacial score (nSPS) is 23.8. The first kappa shape index (κ1) is 27.7. The number of carbonyl (C=O) groups is 1. The molecule has 4 atom stereocenters. The topological polar surface area (TPSA) is 139 Å². The Morgan fingerprint density at radius 1 is 1.05 bits per heavy atom. The summed E-state index contributed by atoms with van der Waals surface area (Å²) in [7, 11) is 1.98. The first-order valence-corrected chi connectivity index (χ1v) is 14.5. The van der Waals surface area contributed by atoms with Gasteiger partial charge < -0.3 is 34.9 Å². The number of imidazole rings is 1. The van der Waals surface area contributed by atoms with Gasteiger partial charge in [-0.1, -0.05) is 48.5 Å². The Morgan fingerprint density at radius 3 is 2.49 bits per heavy atom.